The van der Waals surface area contributed by atoms with Crippen molar-refractivity contribution in [2.75, 3.05) is 4.90 Å². The van der Waals surface area contributed by atoms with E-state index in [-0.39, 0.29) is 11.7 Å². The summed E-state index contributed by atoms with van der Waals surface area (Å²) in [5, 5.41) is 0. The Labute approximate surface area is 132 Å². The molecule has 0 N–H and O–H groups in total. The average Bonchev–Trinajstić information content (AvgIpc) is 2.77. The first-order valence-corrected chi connectivity index (χ1v) is 7.09. The molecule has 0 unspecified atom stereocenters. The first-order valence-electron chi connectivity index (χ1n) is 6.30. The monoisotopic (exact) mass is 371 g/mol. The first-order chi connectivity index (χ1) is 10.3. The van der Waals surface area contributed by atoms with Gasteiger partial charge in [-0.25, -0.2) is 0 Å². The fourth-order valence-electron chi connectivity index (χ4n) is 2.33. The molecule has 7 heteroatoms. The molecule has 22 heavy (non-hydrogen) atoms. The highest BCUT2D eigenvalue weighted by Gasteiger charge is 2.32. The normalized spacial score (nSPS) is 14.2. The predicted octanol–water partition coefficient (Wildman–Crippen LogP) is 4.51. The second-order valence-electron chi connectivity index (χ2n) is 4.70. The summed E-state index contributed by atoms with van der Waals surface area (Å²) in [6, 6.07) is 10.6. The number of rotatable bonds is 2. The van der Waals surface area contributed by atoms with E-state index < -0.39 is 6.36 Å². The lowest BCUT2D eigenvalue weighted by atomic mass is 10.1. The third-order valence-electron chi connectivity index (χ3n) is 3.29. The molecule has 1 amide bonds. The van der Waals surface area contributed by atoms with Gasteiger partial charge in [0.2, 0.25) is 0 Å². The Kier molecular flexibility index (Phi) is 3.60. The van der Waals surface area contributed by atoms with Gasteiger partial charge in [-0.15, -0.1) is 13.2 Å². The van der Waals surface area contributed by atoms with Crippen LogP contribution in [0.1, 0.15) is 15.9 Å². The molecule has 0 bridgehead atoms. The summed E-state index contributed by atoms with van der Waals surface area (Å²) in [6.07, 6.45) is -4.73. The van der Waals surface area contributed by atoms with Crippen LogP contribution in [0, 0.1) is 0 Å². The van der Waals surface area contributed by atoms with Gasteiger partial charge in [-0.05, 0) is 42.0 Å². The van der Waals surface area contributed by atoms with Crippen LogP contribution in [-0.2, 0) is 6.54 Å². The Morgan fingerprint density at radius 3 is 2.36 bits per heavy atom. The van der Waals surface area contributed by atoms with Gasteiger partial charge in [0, 0.05) is 15.7 Å². The van der Waals surface area contributed by atoms with E-state index in [0.717, 1.165) is 10.0 Å². The molecule has 0 saturated heterocycles. The number of ether oxygens (including phenoxy) is 1. The molecular weight excluding hydrogens is 363 g/mol. The second-order valence-corrected chi connectivity index (χ2v) is 5.55. The van der Waals surface area contributed by atoms with Crippen LogP contribution in [0.2, 0.25) is 0 Å². The maximum Gasteiger partial charge on any atom is 0.573 e. The smallest absolute Gasteiger partial charge is 0.406 e. The minimum Gasteiger partial charge on any atom is -0.406 e. The maximum atomic E-state index is 12.4. The molecule has 1 aliphatic rings. The number of alkyl halides is 3. The van der Waals surface area contributed by atoms with E-state index in [1.807, 2.05) is 6.07 Å². The van der Waals surface area contributed by atoms with Gasteiger partial charge in [-0.2, -0.15) is 0 Å². The number of nitrogens with zero attached hydrogens (tertiary/aromatic N) is 1. The number of fused-ring (bicyclic) bond motifs is 1. The minimum absolute atomic E-state index is 0.180. The number of amides is 1. The molecular formula is C15H9BrF3NO2. The molecule has 2 aromatic rings. The molecule has 114 valence electrons. The third kappa shape index (κ3) is 2.81. The molecule has 0 radical (unpaired) electrons. The van der Waals surface area contributed by atoms with E-state index in [1.165, 1.54) is 29.2 Å². The van der Waals surface area contributed by atoms with Crippen molar-refractivity contribution in [2.24, 2.45) is 0 Å². The van der Waals surface area contributed by atoms with Crippen LogP contribution < -0.4 is 9.64 Å². The minimum atomic E-state index is -4.73. The fraction of sp³-hybridized carbons (Fsp3) is 0.133. The maximum absolute atomic E-state index is 12.4. The van der Waals surface area contributed by atoms with Crippen molar-refractivity contribution < 1.29 is 22.7 Å². The van der Waals surface area contributed by atoms with Crippen LogP contribution in [0.4, 0.5) is 18.9 Å². The van der Waals surface area contributed by atoms with Gasteiger partial charge < -0.3 is 9.64 Å². The largest absolute Gasteiger partial charge is 0.573 e. The van der Waals surface area contributed by atoms with Crippen molar-refractivity contribution >= 4 is 27.5 Å². The fourth-order valence-corrected chi connectivity index (χ4v) is 2.82. The van der Waals surface area contributed by atoms with Crippen LogP contribution in [0.5, 0.6) is 5.75 Å². The molecule has 0 spiro atoms. The quantitative estimate of drug-likeness (QED) is 0.777. The van der Waals surface area contributed by atoms with Gasteiger partial charge in [0.1, 0.15) is 5.75 Å². The van der Waals surface area contributed by atoms with Crippen LogP contribution in [0.25, 0.3) is 0 Å². The number of hydrogen-bond acceptors (Lipinski definition) is 2. The Bertz CT molecular complexity index is 729. The Morgan fingerprint density at radius 1 is 1.09 bits per heavy atom. The van der Waals surface area contributed by atoms with Crippen molar-refractivity contribution in [1.29, 1.82) is 0 Å². The van der Waals surface area contributed by atoms with Crippen molar-refractivity contribution in [2.45, 2.75) is 12.9 Å². The summed E-state index contributed by atoms with van der Waals surface area (Å²) in [5.41, 5.74) is 1.97. The van der Waals surface area contributed by atoms with E-state index in [0.29, 0.717) is 17.8 Å². The molecule has 0 saturated carbocycles. The zero-order valence-corrected chi connectivity index (χ0v) is 12.6. The van der Waals surface area contributed by atoms with E-state index in [1.54, 1.807) is 12.1 Å². The Balaban J connectivity index is 1.85. The third-order valence-corrected chi connectivity index (χ3v) is 4.04. The Morgan fingerprint density at radius 2 is 1.77 bits per heavy atom. The summed E-state index contributed by atoms with van der Waals surface area (Å²) >= 11 is 3.40. The van der Waals surface area contributed by atoms with Crippen molar-refractivity contribution in [3.8, 4) is 5.75 Å². The Hall–Kier alpha value is -2.02. The molecule has 3 rings (SSSR count). The van der Waals surface area contributed by atoms with Crippen molar-refractivity contribution in [1.82, 2.24) is 0 Å². The molecule has 0 aromatic heterocycles. The predicted molar refractivity (Wildman–Crippen MR) is 77.8 cm³/mol. The topological polar surface area (TPSA) is 29.5 Å². The van der Waals surface area contributed by atoms with Gasteiger partial charge in [-0.1, -0.05) is 22.0 Å². The molecule has 0 fully saturated rings. The highest BCUT2D eigenvalue weighted by atomic mass is 79.9. The number of benzene rings is 2. The van der Waals surface area contributed by atoms with Crippen LogP contribution in [0.3, 0.4) is 0 Å². The van der Waals surface area contributed by atoms with Crippen molar-refractivity contribution in [3.05, 3.63) is 58.1 Å². The molecule has 0 atom stereocenters. The van der Waals surface area contributed by atoms with Crippen LogP contribution in [-0.4, -0.2) is 12.3 Å². The number of halogens is 4. The summed E-state index contributed by atoms with van der Waals surface area (Å²) in [4.78, 5) is 13.9. The van der Waals surface area contributed by atoms with Gasteiger partial charge in [-0.3, -0.25) is 4.79 Å². The molecule has 1 aliphatic heterocycles. The van der Waals surface area contributed by atoms with Crippen LogP contribution in [0.15, 0.2) is 46.9 Å². The van der Waals surface area contributed by atoms with E-state index >= 15 is 0 Å². The number of hydrogen-bond donors (Lipinski definition) is 0. The average molecular weight is 372 g/mol. The molecule has 1 heterocycles. The summed E-state index contributed by atoms with van der Waals surface area (Å²) < 4.78 is 41.1. The lowest BCUT2D eigenvalue weighted by molar-refractivity contribution is -0.274. The second kappa shape index (κ2) is 5.31. The number of carbonyl (C=O) groups is 1. The van der Waals surface area contributed by atoms with Gasteiger partial charge in [0.05, 0.1) is 6.54 Å². The number of anilines is 1. The lowest BCUT2D eigenvalue weighted by Crippen LogP contribution is -2.23. The number of carbonyl (C=O) groups excluding carboxylic acids is 1. The zero-order chi connectivity index (χ0) is 15.9. The van der Waals surface area contributed by atoms with Gasteiger partial charge in [0.25, 0.3) is 5.91 Å². The first kappa shape index (κ1) is 14.9. The molecule has 2 aromatic carbocycles. The highest BCUT2D eigenvalue weighted by molar-refractivity contribution is 9.10. The molecule has 0 aliphatic carbocycles. The SMILES string of the molecule is O=C1c2cccc(Br)c2CN1c1ccc(OC(F)(F)F)cc1. The lowest BCUT2D eigenvalue weighted by Gasteiger charge is -2.16. The van der Waals surface area contributed by atoms with Gasteiger partial charge >= 0.3 is 6.36 Å². The zero-order valence-electron chi connectivity index (χ0n) is 11.0. The molecule has 3 nitrogen and oxygen atoms in total. The van der Waals surface area contributed by atoms with E-state index in [2.05, 4.69) is 20.7 Å². The van der Waals surface area contributed by atoms with Crippen molar-refractivity contribution in [3.63, 3.8) is 0 Å². The summed E-state index contributed by atoms with van der Waals surface area (Å²) in [6.45, 7) is 0.370. The van der Waals surface area contributed by atoms with E-state index in [4.69, 9.17) is 0 Å². The standard InChI is InChI=1S/C15H9BrF3NO2/c16-13-3-1-2-11-12(13)8-20(14(11)21)9-4-6-10(7-5-9)22-15(17,18)19/h1-7H,8H2. The summed E-state index contributed by atoms with van der Waals surface area (Å²) in [5.74, 6) is -0.498. The van der Waals surface area contributed by atoms with Gasteiger partial charge in [0.15, 0.2) is 0 Å². The van der Waals surface area contributed by atoms with Crippen LogP contribution >= 0.6 is 15.9 Å². The highest BCUT2D eigenvalue weighted by Crippen LogP contribution is 2.33. The summed E-state index contributed by atoms with van der Waals surface area (Å²) in [7, 11) is 0. The van der Waals surface area contributed by atoms with E-state index in [9.17, 15) is 18.0 Å².